The number of halogens is 2. The zero-order chi connectivity index (χ0) is 15.7. The van der Waals surface area contributed by atoms with Crippen LogP contribution in [-0.2, 0) is 0 Å². The van der Waals surface area contributed by atoms with Crippen LogP contribution in [0.25, 0.3) is 0 Å². The predicted octanol–water partition coefficient (Wildman–Crippen LogP) is 2.07. The van der Waals surface area contributed by atoms with Crippen molar-refractivity contribution in [1.82, 2.24) is 20.3 Å². The largest absolute Gasteiger partial charge is 0.381 e. The molecular formula is C12H10Cl2N6OS. The molecule has 0 spiro atoms. The van der Waals surface area contributed by atoms with Crippen LogP contribution in [0.2, 0.25) is 10.2 Å². The average Bonchev–Trinajstić information content (AvgIpc) is 2.66. The van der Waals surface area contributed by atoms with E-state index in [4.69, 9.17) is 28.9 Å². The van der Waals surface area contributed by atoms with Crippen LogP contribution in [-0.4, -0.2) is 33.9 Å². The summed E-state index contributed by atoms with van der Waals surface area (Å²) < 4.78 is 0. The minimum Gasteiger partial charge on any atom is -0.381 e. The SMILES string of the molecule is Nc1nc2c(nc1Sc1ccnc(Cl)c1Cl)C(=O)NCCN2. The Hall–Kier alpha value is -1.77. The monoisotopic (exact) mass is 356 g/mol. The third-order valence-corrected chi connectivity index (χ3v) is 4.76. The first-order valence-corrected chi connectivity index (χ1v) is 7.81. The highest BCUT2D eigenvalue weighted by Crippen LogP contribution is 2.37. The molecule has 3 heterocycles. The van der Waals surface area contributed by atoms with Gasteiger partial charge in [0.15, 0.2) is 17.3 Å². The Labute approximate surface area is 140 Å². The lowest BCUT2D eigenvalue weighted by Gasteiger charge is -2.10. The minimum atomic E-state index is -0.298. The van der Waals surface area contributed by atoms with Crippen molar-refractivity contribution < 1.29 is 4.79 Å². The molecule has 0 atom stereocenters. The van der Waals surface area contributed by atoms with Gasteiger partial charge in [-0.3, -0.25) is 4.79 Å². The summed E-state index contributed by atoms with van der Waals surface area (Å²) >= 11 is 13.2. The summed E-state index contributed by atoms with van der Waals surface area (Å²) in [5, 5.41) is 6.59. The molecule has 3 rings (SSSR count). The Balaban J connectivity index is 2.01. The fourth-order valence-electron chi connectivity index (χ4n) is 1.82. The van der Waals surface area contributed by atoms with Crippen LogP contribution in [0.4, 0.5) is 11.6 Å². The Kier molecular flexibility index (Phi) is 4.23. The van der Waals surface area contributed by atoms with Crippen molar-refractivity contribution in [1.29, 1.82) is 0 Å². The van der Waals surface area contributed by atoms with Crippen molar-refractivity contribution in [2.75, 3.05) is 24.1 Å². The summed E-state index contributed by atoms with van der Waals surface area (Å²) in [5.41, 5.74) is 6.12. The number of hydrogen-bond donors (Lipinski definition) is 3. The number of pyridine rings is 1. The van der Waals surface area contributed by atoms with E-state index in [1.807, 2.05) is 0 Å². The van der Waals surface area contributed by atoms with Crippen molar-refractivity contribution in [3.8, 4) is 0 Å². The lowest BCUT2D eigenvalue weighted by atomic mass is 10.4. The first kappa shape index (κ1) is 15.1. The molecule has 2 aromatic rings. The molecule has 0 unspecified atom stereocenters. The summed E-state index contributed by atoms with van der Waals surface area (Å²) in [4.78, 5) is 25.0. The number of rotatable bonds is 2. The van der Waals surface area contributed by atoms with Crippen molar-refractivity contribution >= 4 is 52.5 Å². The molecule has 0 bridgehead atoms. The maximum Gasteiger partial charge on any atom is 0.273 e. The van der Waals surface area contributed by atoms with Crippen molar-refractivity contribution in [3.05, 3.63) is 28.1 Å². The number of carbonyl (C=O) groups excluding carboxylic acids is 1. The van der Waals surface area contributed by atoms with Crippen LogP contribution in [0.3, 0.4) is 0 Å². The summed E-state index contributed by atoms with van der Waals surface area (Å²) in [5.74, 6) is 0.277. The van der Waals surface area contributed by atoms with Gasteiger partial charge in [0, 0.05) is 24.2 Å². The van der Waals surface area contributed by atoms with E-state index in [0.717, 1.165) is 0 Å². The van der Waals surface area contributed by atoms with Gasteiger partial charge >= 0.3 is 0 Å². The van der Waals surface area contributed by atoms with Crippen molar-refractivity contribution in [2.45, 2.75) is 9.92 Å². The topological polar surface area (TPSA) is 106 Å². The number of amides is 1. The van der Waals surface area contributed by atoms with E-state index in [9.17, 15) is 4.79 Å². The molecule has 2 aromatic heterocycles. The number of nitrogens with one attached hydrogen (secondary N) is 2. The highest BCUT2D eigenvalue weighted by atomic mass is 35.5. The van der Waals surface area contributed by atoms with E-state index >= 15 is 0 Å². The summed E-state index contributed by atoms with van der Waals surface area (Å²) in [6, 6.07) is 1.68. The molecular weight excluding hydrogens is 347 g/mol. The Bertz CT molecular complexity index is 757. The molecule has 0 radical (unpaired) electrons. The molecule has 1 aliphatic rings. The van der Waals surface area contributed by atoms with Crippen LogP contribution in [0.1, 0.15) is 10.5 Å². The van der Waals surface area contributed by atoms with Gasteiger partial charge in [-0.2, -0.15) is 0 Å². The zero-order valence-electron chi connectivity index (χ0n) is 11.1. The Morgan fingerprint density at radius 1 is 1.23 bits per heavy atom. The Morgan fingerprint density at radius 3 is 2.82 bits per heavy atom. The third-order valence-electron chi connectivity index (χ3n) is 2.82. The number of hydrogen-bond acceptors (Lipinski definition) is 7. The molecule has 114 valence electrons. The zero-order valence-corrected chi connectivity index (χ0v) is 13.4. The van der Waals surface area contributed by atoms with E-state index in [0.29, 0.717) is 33.9 Å². The number of nitrogen functional groups attached to an aromatic ring is 1. The number of nitrogens with two attached hydrogens (primary N) is 1. The smallest absolute Gasteiger partial charge is 0.273 e. The van der Waals surface area contributed by atoms with E-state index < -0.39 is 0 Å². The first-order chi connectivity index (χ1) is 10.6. The molecule has 1 aliphatic heterocycles. The maximum absolute atomic E-state index is 12.0. The fraction of sp³-hybridized carbons (Fsp3) is 0.167. The van der Waals surface area contributed by atoms with Gasteiger partial charge in [0.2, 0.25) is 0 Å². The first-order valence-electron chi connectivity index (χ1n) is 6.23. The average molecular weight is 357 g/mol. The van der Waals surface area contributed by atoms with Crippen LogP contribution in [0.5, 0.6) is 0 Å². The molecule has 1 amide bonds. The van der Waals surface area contributed by atoms with Gasteiger partial charge in [0.05, 0.1) is 5.02 Å². The number of carbonyl (C=O) groups is 1. The second kappa shape index (κ2) is 6.15. The highest BCUT2D eigenvalue weighted by Gasteiger charge is 2.21. The van der Waals surface area contributed by atoms with E-state index in [1.165, 1.54) is 18.0 Å². The lowest BCUT2D eigenvalue weighted by molar-refractivity contribution is 0.0952. The van der Waals surface area contributed by atoms with Gasteiger partial charge < -0.3 is 16.4 Å². The van der Waals surface area contributed by atoms with Crippen molar-refractivity contribution in [2.24, 2.45) is 0 Å². The molecule has 10 heteroatoms. The van der Waals surface area contributed by atoms with Crippen molar-refractivity contribution in [3.63, 3.8) is 0 Å². The van der Waals surface area contributed by atoms with Crippen LogP contribution in [0.15, 0.2) is 22.2 Å². The van der Waals surface area contributed by atoms with Crippen LogP contribution < -0.4 is 16.4 Å². The van der Waals surface area contributed by atoms with Gasteiger partial charge in [-0.25, -0.2) is 15.0 Å². The van der Waals surface area contributed by atoms with Gasteiger partial charge in [-0.15, -0.1) is 0 Å². The second-order valence-corrected chi connectivity index (χ2v) is 6.08. The predicted molar refractivity (Wildman–Crippen MR) is 85.6 cm³/mol. The quantitative estimate of drug-likeness (QED) is 0.707. The number of fused-ring (bicyclic) bond motifs is 1. The number of aromatic nitrogens is 3. The van der Waals surface area contributed by atoms with Crippen LogP contribution >= 0.6 is 35.0 Å². The lowest BCUT2D eigenvalue weighted by Crippen LogP contribution is -2.25. The van der Waals surface area contributed by atoms with Crippen LogP contribution in [0, 0.1) is 0 Å². The molecule has 4 N–H and O–H groups in total. The van der Waals surface area contributed by atoms with Gasteiger partial charge in [0.25, 0.3) is 5.91 Å². The summed E-state index contributed by atoms with van der Waals surface area (Å²) in [6.45, 7) is 1.05. The van der Waals surface area contributed by atoms with Gasteiger partial charge in [0.1, 0.15) is 10.2 Å². The van der Waals surface area contributed by atoms with Gasteiger partial charge in [-0.05, 0) is 6.07 Å². The minimum absolute atomic E-state index is 0.187. The highest BCUT2D eigenvalue weighted by molar-refractivity contribution is 7.99. The normalized spacial score (nSPS) is 13.8. The molecule has 0 saturated carbocycles. The van der Waals surface area contributed by atoms with E-state index in [-0.39, 0.29) is 22.6 Å². The Morgan fingerprint density at radius 2 is 2.00 bits per heavy atom. The summed E-state index contributed by atoms with van der Waals surface area (Å²) in [7, 11) is 0. The van der Waals surface area contributed by atoms with Gasteiger partial charge in [-0.1, -0.05) is 35.0 Å². The number of nitrogens with zero attached hydrogens (tertiary/aromatic N) is 3. The van der Waals surface area contributed by atoms with E-state index in [1.54, 1.807) is 6.07 Å². The second-order valence-electron chi connectivity index (χ2n) is 4.31. The number of anilines is 2. The molecule has 0 aromatic carbocycles. The third kappa shape index (κ3) is 2.90. The molecule has 0 aliphatic carbocycles. The molecule has 0 saturated heterocycles. The standard InChI is InChI=1S/C12H10Cl2N6OS/c13-6-5(1-2-16-8(6)14)22-12-9(15)20-10-7(19-12)11(21)18-4-3-17-10/h1-2H,3-4H2,(H,18,21)(H3,15,17,20). The fourth-order valence-corrected chi connectivity index (χ4v) is 3.07. The molecule has 0 fully saturated rings. The molecule has 22 heavy (non-hydrogen) atoms. The van der Waals surface area contributed by atoms with E-state index in [2.05, 4.69) is 25.6 Å². The maximum atomic E-state index is 12.0. The molecule has 7 nitrogen and oxygen atoms in total. The summed E-state index contributed by atoms with van der Waals surface area (Å²) in [6.07, 6.45) is 1.53.